The molecule has 3 amide bonds. The Kier molecular flexibility index (Phi) is 5.52. The van der Waals surface area contributed by atoms with Gasteiger partial charge >= 0.3 is 0 Å². The minimum Gasteiger partial charge on any atom is -0.352 e. The van der Waals surface area contributed by atoms with E-state index in [4.69, 9.17) is 0 Å². The van der Waals surface area contributed by atoms with Crippen LogP contribution in [0, 0.1) is 6.92 Å². The molecule has 0 aliphatic heterocycles. The predicted molar refractivity (Wildman–Crippen MR) is 82.3 cm³/mol. The largest absolute Gasteiger partial charge is 0.352 e. The van der Waals surface area contributed by atoms with E-state index in [1.54, 1.807) is 12.1 Å². The molecule has 0 aromatic heterocycles. The van der Waals surface area contributed by atoms with Crippen LogP contribution in [-0.4, -0.2) is 36.9 Å². The fourth-order valence-electron chi connectivity index (χ4n) is 1.99. The third-order valence-corrected chi connectivity index (χ3v) is 3.42. The fraction of sp³-hybridized carbons (Fsp3) is 0.438. The molecule has 6 heteroatoms. The van der Waals surface area contributed by atoms with E-state index in [1.165, 1.54) is 0 Å². The quantitative estimate of drug-likeness (QED) is 0.686. The Morgan fingerprint density at radius 2 is 1.82 bits per heavy atom. The standard InChI is InChI=1S/C16H21N3O3/c1-11-4-2-3-5-13(11)16(22)17-9-8-14(20)18-10-15(21)19-12-6-7-12/h2-5,12H,6-10H2,1H3,(H,17,22)(H,18,20)(H,19,21). The van der Waals surface area contributed by atoms with E-state index < -0.39 is 0 Å². The summed E-state index contributed by atoms with van der Waals surface area (Å²) in [4.78, 5) is 34.9. The van der Waals surface area contributed by atoms with Gasteiger partial charge in [-0.3, -0.25) is 14.4 Å². The van der Waals surface area contributed by atoms with Gasteiger partial charge in [-0.25, -0.2) is 0 Å². The van der Waals surface area contributed by atoms with E-state index in [1.807, 2.05) is 19.1 Å². The van der Waals surface area contributed by atoms with E-state index in [9.17, 15) is 14.4 Å². The van der Waals surface area contributed by atoms with Crippen molar-refractivity contribution in [3.8, 4) is 0 Å². The molecule has 6 nitrogen and oxygen atoms in total. The zero-order chi connectivity index (χ0) is 15.9. The van der Waals surface area contributed by atoms with Gasteiger partial charge in [-0.15, -0.1) is 0 Å². The highest BCUT2D eigenvalue weighted by atomic mass is 16.2. The molecule has 0 spiro atoms. The van der Waals surface area contributed by atoms with Crippen LogP contribution in [0.4, 0.5) is 0 Å². The molecule has 0 saturated heterocycles. The number of aryl methyl sites for hydroxylation is 1. The van der Waals surface area contributed by atoms with E-state index in [0.29, 0.717) is 5.56 Å². The van der Waals surface area contributed by atoms with Gasteiger partial charge in [0.1, 0.15) is 0 Å². The molecule has 1 aliphatic rings. The number of carbonyl (C=O) groups is 3. The van der Waals surface area contributed by atoms with Crippen LogP contribution in [-0.2, 0) is 9.59 Å². The Morgan fingerprint density at radius 1 is 1.09 bits per heavy atom. The van der Waals surface area contributed by atoms with Gasteiger partial charge < -0.3 is 16.0 Å². The molecule has 1 aromatic rings. The van der Waals surface area contributed by atoms with Crippen LogP contribution in [0.1, 0.15) is 35.2 Å². The minimum atomic E-state index is -0.254. The summed E-state index contributed by atoms with van der Waals surface area (Å²) in [7, 11) is 0. The van der Waals surface area contributed by atoms with E-state index in [0.717, 1.165) is 18.4 Å². The number of carbonyl (C=O) groups excluding carboxylic acids is 3. The zero-order valence-electron chi connectivity index (χ0n) is 12.6. The number of benzene rings is 1. The summed E-state index contributed by atoms with van der Waals surface area (Å²) in [6, 6.07) is 7.56. The lowest BCUT2D eigenvalue weighted by Gasteiger charge is -2.08. The number of amides is 3. The summed E-state index contributed by atoms with van der Waals surface area (Å²) in [5, 5.41) is 8.03. The third kappa shape index (κ3) is 5.20. The van der Waals surface area contributed by atoms with Crippen molar-refractivity contribution >= 4 is 17.7 Å². The average Bonchev–Trinajstić information content (AvgIpc) is 3.29. The van der Waals surface area contributed by atoms with Gasteiger partial charge in [-0.05, 0) is 31.4 Å². The molecule has 0 radical (unpaired) electrons. The van der Waals surface area contributed by atoms with E-state index in [-0.39, 0.29) is 43.3 Å². The van der Waals surface area contributed by atoms with Crippen LogP contribution in [0.15, 0.2) is 24.3 Å². The maximum absolute atomic E-state index is 11.9. The van der Waals surface area contributed by atoms with Crippen LogP contribution in [0.2, 0.25) is 0 Å². The van der Waals surface area contributed by atoms with Crippen LogP contribution in [0.5, 0.6) is 0 Å². The first-order valence-electron chi connectivity index (χ1n) is 7.46. The fourth-order valence-corrected chi connectivity index (χ4v) is 1.99. The highest BCUT2D eigenvalue weighted by molar-refractivity contribution is 5.95. The maximum atomic E-state index is 11.9. The Labute approximate surface area is 129 Å². The lowest BCUT2D eigenvalue weighted by atomic mass is 10.1. The van der Waals surface area contributed by atoms with Gasteiger partial charge in [0.15, 0.2) is 0 Å². The number of hydrogen-bond donors (Lipinski definition) is 3. The molecule has 0 atom stereocenters. The Bertz CT molecular complexity index is 568. The SMILES string of the molecule is Cc1ccccc1C(=O)NCCC(=O)NCC(=O)NC1CC1. The Balaban J connectivity index is 1.63. The van der Waals surface area contributed by atoms with Crippen LogP contribution in [0.3, 0.4) is 0 Å². The highest BCUT2D eigenvalue weighted by Crippen LogP contribution is 2.18. The Morgan fingerprint density at radius 3 is 2.50 bits per heavy atom. The monoisotopic (exact) mass is 303 g/mol. The van der Waals surface area contributed by atoms with Gasteiger partial charge in [0.2, 0.25) is 11.8 Å². The summed E-state index contributed by atoms with van der Waals surface area (Å²) in [6.07, 6.45) is 2.18. The van der Waals surface area contributed by atoms with Crippen molar-refractivity contribution in [3.63, 3.8) is 0 Å². The molecule has 2 rings (SSSR count). The predicted octanol–water partition coefficient (Wildman–Crippen LogP) is 0.510. The first kappa shape index (κ1) is 16.0. The van der Waals surface area contributed by atoms with Gasteiger partial charge in [-0.2, -0.15) is 0 Å². The molecular formula is C16H21N3O3. The van der Waals surface area contributed by atoms with Gasteiger partial charge in [0.05, 0.1) is 6.54 Å². The van der Waals surface area contributed by atoms with E-state index >= 15 is 0 Å². The normalized spacial score (nSPS) is 13.3. The molecule has 1 saturated carbocycles. The Hall–Kier alpha value is -2.37. The molecule has 0 bridgehead atoms. The summed E-state index contributed by atoms with van der Waals surface area (Å²) >= 11 is 0. The molecule has 1 aliphatic carbocycles. The first-order valence-corrected chi connectivity index (χ1v) is 7.46. The number of hydrogen-bond acceptors (Lipinski definition) is 3. The zero-order valence-corrected chi connectivity index (χ0v) is 12.6. The molecule has 0 heterocycles. The van der Waals surface area contributed by atoms with Crippen molar-refractivity contribution in [2.24, 2.45) is 0 Å². The number of nitrogens with one attached hydrogen (secondary N) is 3. The second-order valence-electron chi connectivity index (χ2n) is 5.44. The summed E-state index contributed by atoms with van der Waals surface area (Å²) in [5.41, 5.74) is 1.49. The van der Waals surface area contributed by atoms with Crippen molar-refractivity contribution in [1.82, 2.24) is 16.0 Å². The second-order valence-corrected chi connectivity index (χ2v) is 5.44. The lowest BCUT2D eigenvalue weighted by Crippen LogP contribution is -2.39. The summed E-state index contributed by atoms with van der Waals surface area (Å²) < 4.78 is 0. The van der Waals surface area contributed by atoms with Crippen molar-refractivity contribution < 1.29 is 14.4 Å². The first-order chi connectivity index (χ1) is 10.6. The minimum absolute atomic E-state index is 0.0128. The van der Waals surface area contributed by atoms with Crippen LogP contribution in [0.25, 0.3) is 0 Å². The van der Waals surface area contributed by atoms with Crippen molar-refractivity contribution in [1.29, 1.82) is 0 Å². The maximum Gasteiger partial charge on any atom is 0.251 e. The smallest absolute Gasteiger partial charge is 0.251 e. The van der Waals surface area contributed by atoms with Crippen LogP contribution < -0.4 is 16.0 Å². The van der Waals surface area contributed by atoms with E-state index in [2.05, 4.69) is 16.0 Å². The van der Waals surface area contributed by atoms with Crippen molar-refractivity contribution in [3.05, 3.63) is 35.4 Å². The van der Waals surface area contributed by atoms with Crippen LogP contribution >= 0.6 is 0 Å². The molecule has 3 N–H and O–H groups in total. The number of rotatable bonds is 7. The highest BCUT2D eigenvalue weighted by Gasteiger charge is 2.23. The summed E-state index contributed by atoms with van der Waals surface area (Å²) in [6.45, 7) is 2.09. The average molecular weight is 303 g/mol. The molecular weight excluding hydrogens is 282 g/mol. The lowest BCUT2D eigenvalue weighted by molar-refractivity contribution is -0.126. The second kappa shape index (κ2) is 7.59. The molecule has 1 fully saturated rings. The van der Waals surface area contributed by atoms with Gasteiger partial charge in [0, 0.05) is 24.6 Å². The summed E-state index contributed by atoms with van der Waals surface area (Å²) in [5.74, 6) is -0.617. The topological polar surface area (TPSA) is 87.3 Å². The molecule has 22 heavy (non-hydrogen) atoms. The van der Waals surface area contributed by atoms with Gasteiger partial charge in [0.25, 0.3) is 5.91 Å². The van der Waals surface area contributed by atoms with Crippen molar-refractivity contribution in [2.45, 2.75) is 32.2 Å². The molecule has 0 unspecified atom stereocenters. The third-order valence-electron chi connectivity index (χ3n) is 3.42. The molecule has 118 valence electrons. The molecule has 1 aromatic carbocycles. The van der Waals surface area contributed by atoms with Gasteiger partial charge in [-0.1, -0.05) is 18.2 Å². The van der Waals surface area contributed by atoms with Crippen molar-refractivity contribution in [2.75, 3.05) is 13.1 Å².